The van der Waals surface area contributed by atoms with Crippen LogP contribution >= 0.6 is 0 Å². The molecule has 11 heteroatoms. The van der Waals surface area contributed by atoms with Crippen LogP contribution in [-0.4, -0.2) is 36.8 Å². The molecule has 0 aliphatic heterocycles. The van der Waals surface area contributed by atoms with Crippen LogP contribution in [0.1, 0.15) is 11.3 Å². The summed E-state index contributed by atoms with van der Waals surface area (Å²) in [5, 5.41) is 11.3. The molecule has 0 aliphatic rings. The number of anilines is 2. The summed E-state index contributed by atoms with van der Waals surface area (Å²) < 4.78 is 47.6. The zero-order valence-electron chi connectivity index (χ0n) is 18.5. The fourth-order valence-electron chi connectivity index (χ4n) is 3.51. The van der Waals surface area contributed by atoms with Crippen LogP contribution in [-0.2, 0) is 6.18 Å². The van der Waals surface area contributed by atoms with E-state index < -0.39 is 11.7 Å². The summed E-state index contributed by atoms with van der Waals surface area (Å²) in [5.74, 6) is 0.835. The molecule has 0 amide bonds. The Morgan fingerprint density at radius 3 is 2.63 bits per heavy atom. The van der Waals surface area contributed by atoms with Crippen molar-refractivity contribution < 1.29 is 17.9 Å². The van der Waals surface area contributed by atoms with Gasteiger partial charge in [0.15, 0.2) is 5.82 Å². The van der Waals surface area contributed by atoms with Gasteiger partial charge < -0.3 is 10.1 Å². The van der Waals surface area contributed by atoms with Crippen molar-refractivity contribution in [1.29, 1.82) is 0 Å². The minimum absolute atomic E-state index is 0.00283. The van der Waals surface area contributed by atoms with Gasteiger partial charge >= 0.3 is 6.18 Å². The lowest BCUT2D eigenvalue weighted by Gasteiger charge is -2.14. The predicted molar refractivity (Wildman–Crippen MR) is 123 cm³/mol. The first-order chi connectivity index (χ1) is 16.8. The number of rotatable bonds is 5. The molecular formula is C24H17F3N7O. The van der Waals surface area contributed by atoms with Crippen molar-refractivity contribution >= 4 is 22.5 Å². The van der Waals surface area contributed by atoms with E-state index in [0.29, 0.717) is 17.2 Å². The van der Waals surface area contributed by atoms with Gasteiger partial charge in [0.25, 0.3) is 0 Å². The number of imidazole rings is 1. The molecule has 1 N–H and O–H groups in total. The van der Waals surface area contributed by atoms with Gasteiger partial charge in [0.2, 0.25) is 5.88 Å². The van der Waals surface area contributed by atoms with Crippen LogP contribution in [0.5, 0.6) is 5.88 Å². The minimum Gasteiger partial charge on any atom is -0.481 e. The van der Waals surface area contributed by atoms with Gasteiger partial charge in [0, 0.05) is 29.6 Å². The molecule has 5 aromatic rings. The molecule has 8 nitrogen and oxygen atoms in total. The van der Waals surface area contributed by atoms with Crippen molar-refractivity contribution in [3.05, 3.63) is 78.4 Å². The third-order valence-corrected chi connectivity index (χ3v) is 5.19. The van der Waals surface area contributed by atoms with Crippen molar-refractivity contribution in [3.63, 3.8) is 0 Å². The normalized spacial score (nSPS) is 11.6. The molecule has 4 heterocycles. The van der Waals surface area contributed by atoms with Gasteiger partial charge in [-0.2, -0.15) is 18.3 Å². The second-order valence-electron chi connectivity index (χ2n) is 7.57. The monoisotopic (exact) mass is 476 g/mol. The van der Waals surface area contributed by atoms with E-state index >= 15 is 0 Å². The Bertz CT molecular complexity index is 1510. The number of aryl methyl sites for hydroxylation is 1. The van der Waals surface area contributed by atoms with Crippen LogP contribution in [0.3, 0.4) is 0 Å². The number of ether oxygens (including phenoxy) is 1. The zero-order valence-corrected chi connectivity index (χ0v) is 18.5. The number of nitrogens with one attached hydrogen (secondary N) is 1. The number of alkyl halides is 3. The first-order valence-corrected chi connectivity index (χ1v) is 10.4. The van der Waals surface area contributed by atoms with Crippen molar-refractivity contribution in [3.8, 4) is 23.0 Å². The van der Waals surface area contributed by atoms with E-state index in [9.17, 15) is 13.2 Å². The lowest BCUT2D eigenvalue weighted by Crippen LogP contribution is -2.09. The highest BCUT2D eigenvalue weighted by Crippen LogP contribution is 2.37. The molecule has 0 unspecified atom stereocenters. The Kier molecular flexibility index (Phi) is 5.51. The van der Waals surface area contributed by atoms with Gasteiger partial charge in [-0.05, 0) is 49.4 Å². The molecule has 4 aromatic heterocycles. The van der Waals surface area contributed by atoms with E-state index in [2.05, 4.69) is 36.5 Å². The Balaban J connectivity index is 1.51. The van der Waals surface area contributed by atoms with E-state index in [4.69, 9.17) is 4.74 Å². The second kappa shape index (κ2) is 8.67. The van der Waals surface area contributed by atoms with Crippen LogP contribution < -0.4 is 10.1 Å². The maximum absolute atomic E-state index is 13.7. The molecule has 0 aliphatic carbocycles. The molecule has 35 heavy (non-hydrogen) atoms. The third kappa shape index (κ3) is 4.47. The number of pyridine rings is 2. The Morgan fingerprint density at radius 2 is 1.89 bits per heavy atom. The number of hydrogen-bond donors (Lipinski definition) is 1. The van der Waals surface area contributed by atoms with Crippen LogP contribution in [0.15, 0.2) is 61.1 Å². The largest absolute Gasteiger partial charge is 0.481 e. The molecule has 0 saturated carbocycles. The smallest absolute Gasteiger partial charge is 0.417 e. The average Bonchev–Trinajstić information content (AvgIpc) is 3.28. The van der Waals surface area contributed by atoms with Crippen molar-refractivity contribution in [2.24, 2.45) is 0 Å². The van der Waals surface area contributed by atoms with Gasteiger partial charge in [0.05, 0.1) is 35.1 Å². The van der Waals surface area contributed by atoms with Gasteiger partial charge in [-0.3, -0.25) is 4.57 Å². The number of hydrogen-bond acceptors (Lipinski definition) is 7. The Morgan fingerprint density at radius 1 is 1.03 bits per heavy atom. The van der Waals surface area contributed by atoms with Gasteiger partial charge in [-0.25, -0.2) is 15.0 Å². The van der Waals surface area contributed by atoms with Crippen LogP contribution in [0, 0.1) is 13.0 Å². The Labute approximate surface area is 197 Å². The molecule has 175 valence electrons. The minimum atomic E-state index is -4.62. The summed E-state index contributed by atoms with van der Waals surface area (Å²) in [5.41, 5.74) is 1.85. The summed E-state index contributed by atoms with van der Waals surface area (Å²) in [7, 11) is 1.26. The summed E-state index contributed by atoms with van der Waals surface area (Å²) in [6.45, 7) is 1.85. The van der Waals surface area contributed by atoms with Gasteiger partial charge in [0.1, 0.15) is 12.1 Å². The number of methoxy groups -OCH3 is 1. The number of fused-ring (bicyclic) bond motifs is 1. The van der Waals surface area contributed by atoms with Crippen molar-refractivity contribution in [1.82, 2.24) is 29.7 Å². The number of aromatic nitrogens is 6. The summed E-state index contributed by atoms with van der Waals surface area (Å²) in [6.07, 6.45) is -1.98. The topological polar surface area (TPSA) is 90.6 Å². The molecule has 0 bridgehead atoms. The van der Waals surface area contributed by atoms with Crippen LogP contribution in [0.2, 0.25) is 0 Å². The number of benzene rings is 1. The lowest BCUT2D eigenvalue weighted by molar-refractivity contribution is -0.137. The van der Waals surface area contributed by atoms with Gasteiger partial charge in [-0.15, -0.1) is 5.10 Å². The standard InChI is InChI=1S/C24H17F3N7O/c1-14-6-9-21(33-32-14)30-15-7-8-20-19(10-15)29-13-34(20)22-5-3-4-18(31-22)16-12-28-23(35-2)11-17(16)24(25,26)27/h3,5-13H,1-2H3,(H,30,33). The van der Waals surface area contributed by atoms with Crippen LogP contribution in [0.4, 0.5) is 24.7 Å². The van der Waals surface area contributed by atoms with E-state index in [-0.39, 0.29) is 17.1 Å². The van der Waals surface area contributed by atoms with E-state index in [0.717, 1.165) is 29.2 Å². The van der Waals surface area contributed by atoms with Crippen molar-refractivity contribution in [2.75, 3.05) is 12.4 Å². The number of halogens is 3. The maximum Gasteiger partial charge on any atom is 0.417 e. The molecule has 0 atom stereocenters. The van der Waals surface area contributed by atoms with E-state index in [1.54, 1.807) is 17.0 Å². The summed E-state index contributed by atoms with van der Waals surface area (Å²) >= 11 is 0. The highest BCUT2D eigenvalue weighted by Gasteiger charge is 2.35. The summed E-state index contributed by atoms with van der Waals surface area (Å²) in [4.78, 5) is 12.8. The molecule has 0 saturated heterocycles. The fraction of sp³-hybridized carbons (Fsp3) is 0.125. The number of nitrogens with zero attached hydrogens (tertiary/aromatic N) is 6. The highest BCUT2D eigenvalue weighted by molar-refractivity contribution is 5.82. The van der Waals surface area contributed by atoms with E-state index in [1.165, 1.54) is 13.2 Å². The molecule has 0 spiro atoms. The quantitative estimate of drug-likeness (QED) is 0.375. The molecule has 1 aromatic carbocycles. The molecule has 1 radical (unpaired) electrons. The maximum atomic E-state index is 13.7. The van der Waals surface area contributed by atoms with Gasteiger partial charge in [-0.1, -0.05) is 0 Å². The fourth-order valence-corrected chi connectivity index (χ4v) is 3.51. The third-order valence-electron chi connectivity index (χ3n) is 5.19. The van der Waals surface area contributed by atoms with Crippen molar-refractivity contribution in [2.45, 2.75) is 13.1 Å². The predicted octanol–water partition coefficient (Wildman–Crippen LogP) is 5.15. The SMILES string of the molecule is COc1cc(C(F)(F)F)c(-c2[c]ccc(-n3cnc4cc(Nc5ccc(C)nn5)ccc43)n2)cn1. The molecular weight excluding hydrogens is 459 g/mol. The Hall–Kier alpha value is -4.54. The second-order valence-corrected chi connectivity index (χ2v) is 7.57. The first-order valence-electron chi connectivity index (χ1n) is 10.4. The first kappa shape index (κ1) is 22.3. The lowest BCUT2D eigenvalue weighted by atomic mass is 10.1. The molecule has 0 fully saturated rings. The summed E-state index contributed by atoms with van der Waals surface area (Å²) in [6, 6.07) is 16.0. The zero-order chi connectivity index (χ0) is 24.6. The average molecular weight is 476 g/mol. The highest BCUT2D eigenvalue weighted by atomic mass is 19.4. The van der Waals surface area contributed by atoms with E-state index in [1.807, 2.05) is 37.3 Å². The molecule has 5 rings (SSSR count). The van der Waals surface area contributed by atoms with Crippen LogP contribution in [0.25, 0.3) is 28.1 Å².